The lowest BCUT2D eigenvalue weighted by Crippen LogP contribution is -2.43. The Morgan fingerprint density at radius 2 is 2.00 bits per heavy atom. The predicted octanol–water partition coefficient (Wildman–Crippen LogP) is -0.295. The first-order chi connectivity index (χ1) is 9.61. The van der Waals surface area contributed by atoms with Gasteiger partial charge in [0, 0.05) is 26.7 Å². The quantitative estimate of drug-likeness (QED) is 0.567. The summed E-state index contributed by atoms with van der Waals surface area (Å²) in [5.41, 5.74) is 0. The van der Waals surface area contributed by atoms with Gasteiger partial charge in [-0.05, 0) is 12.8 Å². The molecule has 1 fully saturated rings. The maximum Gasteiger partial charge on any atom is 0.305 e. The zero-order chi connectivity index (χ0) is 14.8. The maximum absolute atomic E-state index is 11.6. The van der Waals surface area contributed by atoms with Crippen molar-refractivity contribution in [2.75, 3.05) is 46.5 Å². The highest BCUT2D eigenvalue weighted by molar-refractivity contribution is 5.77. The van der Waals surface area contributed by atoms with Crippen LogP contribution in [0.1, 0.15) is 19.3 Å². The molecular formula is C13H24N2O5. The summed E-state index contributed by atoms with van der Waals surface area (Å²) >= 11 is 0. The van der Waals surface area contributed by atoms with Crippen LogP contribution < -0.4 is 5.32 Å². The summed E-state index contributed by atoms with van der Waals surface area (Å²) in [6.45, 7) is 3.31. The molecule has 7 heteroatoms. The van der Waals surface area contributed by atoms with Crippen LogP contribution in [-0.4, -0.2) is 74.5 Å². The number of ether oxygens (including phenoxy) is 2. The SMILES string of the molecule is COCCNC(=O)CN1CCC(OCCC(=O)O)CC1. The van der Waals surface area contributed by atoms with Gasteiger partial charge in [-0.1, -0.05) is 0 Å². The van der Waals surface area contributed by atoms with Crippen LogP contribution in [0.5, 0.6) is 0 Å². The lowest BCUT2D eigenvalue weighted by atomic mass is 10.1. The number of aliphatic carboxylic acids is 1. The largest absolute Gasteiger partial charge is 0.481 e. The van der Waals surface area contributed by atoms with Crippen molar-refractivity contribution in [2.45, 2.75) is 25.4 Å². The van der Waals surface area contributed by atoms with Gasteiger partial charge in [-0.2, -0.15) is 0 Å². The van der Waals surface area contributed by atoms with Crippen molar-refractivity contribution in [1.29, 1.82) is 0 Å². The van der Waals surface area contributed by atoms with E-state index in [2.05, 4.69) is 10.2 Å². The number of carbonyl (C=O) groups is 2. The molecule has 0 unspecified atom stereocenters. The van der Waals surface area contributed by atoms with Gasteiger partial charge in [-0.15, -0.1) is 0 Å². The fourth-order valence-electron chi connectivity index (χ4n) is 2.10. The summed E-state index contributed by atoms with van der Waals surface area (Å²) < 4.78 is 10.4. The zero-order valence-corrected chi connectivity index (χ0v) is 12.0. The van der Waals surface area contributed by atoms with Crippen LogP contribution in [-0.2, 0) is 19.1 Å². The lowest BCUT2D eigenvalue weighted by Gasteiger charge is -2.31. The molecule has 0 aromatic carbocycles. The summed E-state index contributed by atoms with van der Waals surface area (Å²) in [5, 5.41) is 11.3. The Bertz CT molecular complexity index is 303. The van der Waals surface area contributed by atoms with E-state index in [1.54, 1.807) is 7.11 Å². The highest BCUT2D eigenvalue weighted by Gasteiger charge is 2.21. The number of methoxy groups -OCH3 is 1. The van der Waals surface area contributed by atoms with Crippen LogP contribution in [0, 0.1) is 0 Å². The average Bonchev–Trinajstić information content (AvgIpc) is 2.41. The highest BCUT2D eigenvalue weighted by atomic mass is 16.5. The number of nitrogens with zero attached hydrogens (tertiary/aromatic N) is 1. The molecule has 116 valence electrons. The van der Waals surface area contributed by atoms with Crippen molar-refractivity contribution in [3.05, 3.63) is 0 Å². The van der Waals surface area contributed by atoms with Crippen molar-refractivity contribution < 1.29 is 24.2 Å². The van der Waals surface area contributed by atoms with Crippen molar-refractivity contribution >= 4 is 11.9 Å². The van der Waals surface area contributed by atoms with Gasteiger partial charge in [0.1, 0.15) is 0 Å². The Kier molecular flexibility index (Phi) is 8.17. The molecule has 2 N–H and O–H groups in total. The Morgan fingerprint density at radius 1 is 1.30 bits per heavy atom. The molecule has 1 amide bonds. The van der Waals surface area contributed by atoms with Gasteiger partial charge >= 0.3 is 5.97 Å². The molecule has 0 radical (unpaired) electrons. The molecule has 0 saturated carbocycles. The van der Waals surface area contributed by atoms with Gasteiger partial charge in [0.15, 0.2) is 0 Å². The molecule has 1 saturated heterocycles. The summed E-state index contributed by atoms with van der Waals surface area (Å²) in [7, 11) is 1.60. The molecule has 0 atom stereocenters. The number of hydrogen-bond donors (Lipinski definition) is 2. The number of carboxylic acids is 1. The number of piperidine rings is 1. The third-order valence-electron chi connectivity index (χ3n) is 3.20. The number of amides is 1. The molecule has 0 bridgehead atoms. The van der Waals surface area contributed by atoms with Crippen molar-refractivity contribution in [3.8, 4) is 0 Å². The minimum atomic E-state index is -0.838. The summed E-state index contributed by atoms with van der Waals surface area (Å²) in [6, 6.07) is 0. The number of rotatable bonds is 9. The Labute approximate surface area is 119 Å². The van der Waals surface area contributed by atoms with Gasteiger partial charge in [-0.25, -0.2) is 0 Å². The Balaban J connectivity index is 2.09. The summed E-state index contributed by atoms with van der Waals surface area (Å²) in [5.74, 6) is -0.831. The maximum atomic E-state index is 11.6. The van der Waals surface area contributed by atoms with E-state index in [4.69, 9.17) is 14.6 Å². The molecule has 0 aromatic rings. The normalized spacial score (nSPS) is 17.1. The number of likely N-dealkylation sites (tertiary alicyclic amines) is 1. The van der Waals surface area contributed by atoms with Crippen LogP contribution in [0.15, 0.2) is 0 Å². The van der Waals surface area contributed by atoms with Crippen LogP contribution in [0.25, 0.3) is 0 Å². The van der Waals surface area contributed by atoms with Crippen LogP contribution in [0.4, 0.5) is 0 Å². The molecule has 1 aliphatic heterocycles. The number of carboxylic acid groups (broad SMARTS) is 1. The first kappa shape index (κ1) is 16.9. The van der Waals surface area contributed by atoms with E-state index < -0.39 is 5.97 Å². The number of hydrogen-bond acceptors (Lipinski definition) is 5. The predicted molar refractivity (Wildman–Crippen MR) is 72.6 cm³/mol. The van der Waals surface area contributed by atoms with Gasteiger partial charge in [0.05, 0.1) is 32.3 Å². The van der Waals surface area contributed by atoms with E-state index >= 15 is 0 Å². The summed E-state index contributed by atoms with van der Waals surface area (Å²) in [4.78, 5) is 24.1. The second kappa shape index (κ2) is 9.68. The van der Waals surface area contributed by atoms with E-state index in [0.717, 1.165) is 25.9 Å². The van der Waals surface area contributed by atoms with E-state index in [0.29, 0.717) is 19.7 Å². The third-order valence-corrected chi connectivity index (χ3v) is 3.20. The van der Waals surface area contributed by atoms with Gasteiger partial charge in [0.2, 0.25) is 5.91 Å². The molecule has 1 rings (SSSR count). The molecule has 7 nitrogen and oxygen atoms in total. The minimum absolute atomic E-state index is 0.00676. The standard InChI is InChI=1S/C13H24N2O5/c1-19-9-5-14-12(16)10-15-6-2-11(3-7-15)20-8-4-13(17)18/h11H,2-10H2,1H3,(H,14,16)(H,17,18). The fraction of sp³-hybridized carbons (Fsp3) is 0.846. The van der Waals surface area contributed by atoms with Crippen molar-refractivity contribution in [3.63, 3.8) is 0 Å². The zero-order valence-electron chi connectivity index (χ0n) is 12.0. The van der Waals surface area contributed by atoms with Crippen LogP contribution in [0.2, 0.25) is 0 Å². The van der Waals surface area contributed by atoms with Crippen LogP contribution in [0.3, 0.4) is 0 Å². The fourth-order valence-corrected chi connectivity index (χ4v) is 2.10. The van der Waals surface area contributed by atoms with E-state index in [1.807, 2.05) is 0 Å². The van der Waals surface area contributed by atoms with E-state index in [9.17, 15) is 9.59 Å². The van der Waals surface area contributed by atoms with Gasteiger partial charge < -0.3 is 19.9 Å². The highest BCUT2D eigenvalue weighted by Crippen LogP contribution is 2.13. The number of carbonyl (C=O) groups excluding carboxylic acids is 1. The van der Waals surface area contributed by atoms with E-state index in [1.165, 1.54) is 0 Å². The molecule has 1 heterocycles. The van der Waals surface area contributed by atoms with Gasteiger partial charge in [-0.3, -0.25) is 14.5 Å². The van der Waals surface area contributed by atoms with Crippen LogP contribution >= 0.6 is 0 Å². The molecular weight excluding hydrogens is 264 g/mol. The van der Waals surface area contributed by atoms with Crippen molar-refractivity contribution in [1.82, 2.24) is 10.2 Å². The average molecular weight is 288 g/mol. The molecule has 0 aromatic heterocycles. The van der Waals surface area contributed by atoms with Gasteiger partial charge in [0.25, 0.3) is 0 Å². The number of nitrogens with one attached hydrogen (secondary N) is 1. The Hall–Kier alpha value is -1.18. The van der Waals surface area contributed by atoms with E-state index in [-0.39, 0.29) is 25.0 Å². The van der Waals surface area contributed by atoms with Crippen molar-refractivity contribution in [2.24, 2.45) is 0 Å². The second-order valence-corrected chi connectivity index (χ2v) is 4.83. The topological polar surface area (TPSA) is 88.1 Å². The lowest BCUT2D eigenvalue weighted by molar-refractivity contribution is -0.139. The first-order valence-corrected chi connectivity index (χ1v) is 6.93. The smallest absolute Gasteiger partial charge is 0.305 e. The third kappa shape index (κ3) is 7.42. The molecule has 0 aliphatic carbocycles. The molecule has 0 spiro atoms. The monoisotopic (exact) mass is 288 g/mol. The minimum Gasteiger partial charge on any atom is -0.481 e. The second-order valence-electron chi connectivity index (χ2n) is 4.83. The molecule has 1 aliphatic rings. The summed E-state index contributed by atoms with van der Waals surface area (Å²) in [6.07, 6.45) is 1.83. The molecule has 20 heavy (non-hydrogen) atoms. The Morgan fingerprint density at radius 3 is 2.60 bits per heavy atom. The first-order valence-electron chi connectivity index (χ1n) is 6.93.